The highest BCUT2D eigenvalue weighted by Gasteiger charge is 2.16. The van der Waals surface area contributed by atoms with Gasteiger partial charge in [0.25, 0.3) is 0 Å². The quantitative estimate of drug-likeness (QED) is 0.591. The second-order valence-corrected chi connectivity index (χ2v) is 5.99. The highest BCUT2D eigenvalue weighted by molar-refractivity contribution is 5.47. The van der Waals surface area contributed by atoms with Crippen molar-refractivity contribution in [1.82, 2.24) is 9.97 Å². The molecule has 3 heterocycles. The topological polar surface area (TPSA) is 29.0 Å². The Morgan fingerprint density at radius 1 is 1.17 bits per heavy atom. The molecule has 0 aromatic carbocycles. The van der Waals surface area contributed by atoms with Gasteiger partial charge >= 0.3 is 0 Å². The van der Waals surface area contributed by atoms with Gasteiger partial charge in [-0.3, -0.25) is 0 Å². The van der Waals surface area contributed by atoms with Gasteiger partial charge in [0.15, 0.2) is 0 Å². The van der Waals surface area contributed by atoms with Gasteiger partial charge in [0.2, 0.25) is 5.95 Å². The molecule has 1 aliphatic rings. The number of nitrogens with zero attached hydrogens (tertiary/aromatic N) is 3. The summed E-state index contributed by atoms with van der Waals surface area (Å²) < 4.78 is 13.6. The van der Waals surface area contributed by atoms with Gasteiger partial charge in [-0.1, -0.05) is 23.5 Å². The van der Waals surface area contributed by atoms with Gasteiger partial charge < -0.3 is 4.90 Å². The second kappa shape index (κ2) is 7.27. The van der Waals surface area contributed by atoms with E-state index in [0.29, 0.717) is 11.3 Å². The van der Waals surface area contributed by atoms with E-state index in [-0.39, 0.29) is 0 Å². The van der Waals surface area contributed by atoms with Crippen LogP contribution in [0.1, 0.15) is 29.7 Å². The molecule has 3 nitrogen and oxygen atoms in total. The average molecular weight is 321 g/mol. The molecule has 0 radical (unpaired) electrons. The Balaban J connectivity index is 1.64. The summed E-state index contributed by atoms with van der Waals surface area (Å²) in [7, 11) is 0. The van der Waals surface area contributed by atoms with E-state index in [1.54, 1.807) is 19.1 Å². The molecule has 3 rings (SSSR count). The molecule has 0 amide bonds. The predicted molar refractivity (Wildman–Crippen MR) is 94.3 cm³/mol. The number of aryl methyl sites for hydroxylation is 2. The van der Waals surface area contributed by atoms with Crippen molar-refractivity contribution in [2.45, 2.75) is 26.7 Å². The van der Waals surface area contributed by atoms with Crippen LogP contribution in [-0.2, 0) is 0 Å². The summed E-state index contributed by atoms with van der Waals surface area (Å²) in [6.45, 7) is 5.72. The largest absolute Gasteiger partial charge is 0.356 e. The molecule has 0 saturated carbocycles. The molecule has 0 bridgehead atoms. The zero-order chi connectivity index (χ0) is 16.9. The van der Waals surface area contributed by atoms with Gasteiger partial charge in [-0.15, -0.1) is 0 Å². The van der Waals surface area contributed by atoms with E-state index < -0.39 is 5.95 Å². The second-order valence-electron chi connectivity index (χ2n) is 5.99. The Bertz CT molecular complexity index is 820. The molecule has 122 valence electrons. The number of aromatic nitrogens is 2. The standard InChI is InChI=1S/C20H20FN3/c1-15-5-4-12-22-20(15)24-13-10-17(11-14-24)6-3-7-18-9-8-16(2)23-19(18)21/h4-6,8-9,12H,10-11,13-14H2,1-2H3. The molecule has 2 aromatic heterocycles. The Kier molecular flexibility index (Phi) is 4.90. The fourth-order valence-corrected chi connectivity index (χ4v) is 2.79. The maximum Gasteiger partial charge on any atom is 0.228 e. The third-order valence-electron chi connectivity index (χ3n) is 4.16. The number of pyridine rings is 2. The van der Waals surface area contributed by atoms with Crippen molar-refractivity contribution in [2.75, 3.05) is 18.0 Å². The van der Waals surface area contributed by atoms with Crippen molar-refractivity contribution < 1.29 is 4.39 Å². The maximum absolute atomic E-state index is 13.6. The maximum atomic E-state index is 13.6. The van der Waals surface area contributed by atoms with Crippen LogP contribution in [0.25, 0.3) is 0 Å². The minimum atomic E-state index is -0.499. The first-order chi connectivity index (χ1) is 11.6. The van der Waals surface area contributed by atoms with Crippen LogP contribution in [0.5, 0.6) is 0 Å². The fourth-order valence-electron chi connectivity index (χ4n) is 2.79. The summed E-state index contributed by atoms with van der Waals surface area (Å²) in [5.74, 6) is 6.39. The molecule has 0 spiro atoms. The molecule has 0 unspecified atom stereocenters. The van der Waals surface area contributed by atoms with Gasteiger partial charge in [-0.25, -0.2) is 9.97 Å². The molecule has 24 heavy (non-hydrogen) atoms. The number of halogens is 1. The van der Waals surface area contributed by atoms with Crippen LogP contribution >= 0.6 is 0 Å². The van der Waals surface area contributed by atoms with Crippen molar-refractivity contribution in [3.63, 3.8) is 0 Å². The summed E-state index contributed by atoms with van der Waals surface area (Å²) in [5.41, 5.74) is 3.51. The van der Waals surface area contributed by atoms with E-state index in [1.807, 2.05) is 18.3 Å². The van der Waals surface area contributed by atoms with Crippen molar-refractivity contribution in [3.05, 3.63) is 64.9 Å². The zero-order valence-corrected chi connectivity index (χ0v) is 14.0. The molecule has 1 aliphatic heterocycles. The highest BCUT2D eigenvalue weighted by atomic mass is 19.1. The first-order valence-electron chi connectivity index (χ1n) is 8.12. The minimum Gasteiger partial charge on any atom is -0.356 e. The van der Waals surface area contributed by atoms with Crippen LogP contribution in [0.15, 0.2) is 42.1 Å². The van der Waals surface area contributed by atoms with E-state index >= 15 is 0 Å². The van der Waals surface area contributed by atoms with Crippen LogP contribution in [0.2, 0.25) is 0 Å². The third-order valence-corrected chi connectivity index (χ3v) is 4.16. The van der Waals surface area contributed by atoms with Crippen molar-refractivity contribution >= 4 is 5.82 Å². The van der Waals surface area contributed by atoms with E-state index in [4.69, 9.17) is 0 Å². The van der Waals surface area contributed by atoms with Gasteiger partial charge in [0.1, 0.15) is 5.82 Å². The molecular formula is C20H20FN3. The normalized spacial score (nSPS) is 14.1. The number of allylic oxidation sites excluding steroid dienone is 1. The lowest BCUT2D eigenvalue weighted by Crippen LogP contribution is -2.31. The van der Waals surface area contributed by atoms with E-state index in [0.717, 1.165) is 31.7 Å². The van der Waals surface area contributed by atoms with Gasteiger partial charge in [0, 0.05) is 25.0 Å². The zero-order valence-electron chi connectivity index (χ0n) is 14.0. The molecule has 4 heteroatoms. The van der Waals surface area contributed by atoms with Crippen LogP contribution < -0.4 is 4.90 Å². The lowest BCUT2D eigenvalue weighted by molar-refractivity contribution is 0.576. The van der Waals surface area contributed by atoms with Gasteiger partial charge in [0.05, 0.1) is 5.56 Å². The third kappa shape index (κ3) is 3.80. The summed E-state index contributed by atoms with van der Waals surface area (Å²) in [5, 5.41) is 0. The van der Waals surface area contributed by atoms with Crippen LogP contribution in [0, 0.1) is 31.6 Å². The first-order valence-corrected chi connectivity index (χ1v) is 8.12. The summed E-state index contributed by atoms with van der Waals surface area (Å²) in [4.78, 5) is 10.6. The summed E-state index contributed by atoms with van der Waals surface area (Å²) in [6, 6.07) is 7.50. The number of hydrogen-bond acceptors (Lipinski definition) is 3. The molecule has 2 aromatic rings. The van der Waals surface area contributed by atoms with Crippen molar-refractivity contribution in [3.8, 4) is 11.8 Å². The van der Waals surface area contributed by atoms with E-state index in [9.17, 15) is 4.39 Å². The Labute approximate surface area is 142 Å². The first kappa shape index (κ1) is 16.2. The summed E-state index contributed by atoms with van der Waals surface area (Å²) >= 11 is 0. The number of piperidine rings is 1. The molecule has 0 atom stereocenters. The predicted octanol–water partition coefficient (Wildman–Crippen LogP) is 3.81. The molecule has 1 saturated heterocycles. The molecule has 0 aliphatic carbocycles. The Morgan fingerprint density at radius 2 is 1.96 bits per heavy atom. The van der Waals surface area contributed by atoms with E-state index in [2.05, 4.69) is 39.7 Å². The van der Waals surface area contributed by atoms with Crippen molar-refractivity contribution in [2.24, 2.45) is 0 Å². The van der Waals surface area contributed by atoms with Crippen LogP contribution in [0.4, 0.5) is 10.2 Å². The van der Waals surface area contributed by atoms with Crippen molar-refractivity contribution in [1.29, 1.82) is 0 Å². The number of hydrogen-bond donors (Lipinski definition) is 0. The number of rotatable bonds is 1. The molecular weight excluding hydrogens is 301 g/mol. The Hall–Kier alpha value is -2.67. The lowest BCUT2D eigenvalue weighted by Gasteiger charge is -2.30. The summed E-state index contributed by atoms with van der Waals surface area (Å²) in [6.07, 6.45) is 5.67. The van der Waals surface area contributed by atoms with Gasteiger partial charge in [-0.2, -0.15) is 4.39 Å². The highest BCUT2D eigenvalue weighted by Crippen LogP contribution is 2.23. The SMILES string of the molecule is Cc1ccc(C#CC=C2CCN(c3ncccc3C)CC2)c(F)n1. The average Bonchev–Trinajstić information content (AvgIpc) is 2.58. The fraction of sp³-hybridized carbons (Fsp3) is 0.300. The van der Waals surface area contributed by atoms with Crippen LogP contribution in [0.3, 0.4) is 0 Å². The molecule has 0 N–H and O–H groups in total. The van der Waals surface area contributed by atoms with Crippen LogP contribution in [-0.4, -0.2) is 23.1 Å². The molecule has 1 fully saturated rings. The van der Waals surface area contributed by atoms with Gasteiger partial charge in [-0.05, 0) is 56.5 Å². The van der Waals surface area contributed by atoms with E-state index in [1.165, 1.54) is 11.1 Å². The minimum absolute atomic E-state index is 0.346. The smallest absolute Gasteiger partial charge is 0.228 e. The number of anilines is 1. The Morgan fingerprint density at radius 3 is 2.67 bits per heavy atom. The lowest BCUT2D eigenvalue weighted by atomic mass is 10.0. The monoisotopic (exact) mass is 321 g/mol.